The molecule has 4 aromatic carbocycles. The van der Waals surface area contributed by atoms with E-state index in [1.54, 1.807) is 66.8 Å². The molecule has 1 N–H and O–H groups in total. The monoisotopic (exact) mass is 561 g/mol. The van der Waals surface area contributed by atoms with Gasteiger partial charge in [-0.1, -0.05) is 41.9 Å². The van der Waals surface area contributed by atoms with Crippen LogP contribution in [0.4, 0.5) is 11.4 Å². The topological polar surface area (TPSA) is 79.4 Å². The summed E-state index contributed by atoms with van der Waals surface area (Å²) in [5.74, 6) is -0.480. The molecule has 1 heterocycles. The number of carbonyl (C=O) groups excluding carboxylic acids is 1. The summed E-state index contributed by atoms with van der Waals surface area (Å²) in [6, 6.07) is 26.5. The smallest absolute Gasteiger partial charge is 0.264 e. The summed E-state index contributed by atoms with van der Waals surface area (Å²) in [6.45, 7) is 3.36. The SMILES string of the molecule is Cc1ccc2nc(-c3ccc(NC(=O)CN(c4cccc(Cl)c4C)S(=O)(=O)c4ccccc4)cc3)sc2c1. The molecule has 0 fully saturated rings. The summed E-state index contributed by atoms with van der Waals surface area (Å²) in [5.41, 5.74) is 4.53. The third-order valence-electron chi connectivity index (χ3n) is 6.09. The maximum absolute atomic E-state index is 13.6. The number of amides is 1. The Morgan fingerprint density at radius 3 is 2.42 bits per heavy atom. The van der Waals surface area contributed by atoms with Crippen LogP contribution in [0.1, 0.15) is 11.1 Å². The number of hydrogen-bond acceptors (Lipinski definition) is 5. The lowest BCUT2D eigenvalue weighted by atomic mass is 10.2. The van der Waals surface area contributed by atoms with Crippen molar-refractivity contribution in [3.05, 3.63) is 107 Å². The van der Waals surface area contributed by atoms with Gasteiger partial charge in [-0.15, -0.1) is 11.3 Å². The Bertz CT molecular complexity index is 1730. The molecule has 0 unspecified atom stereocenters. The summed E-state index contributed by atoms with van der Waals surface area (Å²) in [4.78, 5) is 17.9. The van der Waals surface area contributed by atoms with Gasteiger partial charge in [0.15, 0.2) is 0 Å². The summed E-state index contributed by atoms with van der Waals surface area (Å²) < 4.78 is 29.4. The molecular formula is C29H24ClN3O3S2. The first kappa shape index (κ1) is 25.9. The first-order valence-corrected chi connectivity index (χ1v) is 14.5. The van der Waals surface area contributed by atoms with Crippen LogP contribution >= 0.6 is 22.9 Å². The van der Waals surface area contributed by atoms with E-state index in [-0.39, 0.29) is 4.90 Å². The lowest BCUT2D eigenvalue weighted by molar-refractivity contribution is -0.114. The largest absolute Gasteiger partial charge is 0.325 e. The highest BCUT2D eigenvalue weighted by Gasteiger charge is 2.28. The molecule has 9 heteroatoms. The molecule has 0 saturated carbocycles. The van der Waals surface area contributed by atoms with Gasteiger partial charge < -0.3 is 5.32 Å². The Morgan fingerprint density at radius 1 is 0.947 bits per heavy atom. The first-order chi connectivity index (χ1) is 18.2. The number of carbonyl (C=O) groups is 1. The zero-order valence-corrected chi connectivity index (χ0v) is 23.1. The van der Waals surface area contributed by atoms with Crippen molar-refractivity contribution in [2.45, 2.75) is 18.7 Å². The van der Waals surface area contributed by atoms with Crippen LogP contribution < -0.4 is 9.62 Å². The zero-order chi connectivity index (χ0) is 26.9. The molecule has 38 heavy (non-hydrogen) atoms. The second-order valence-electron chi connectivity index (χ2n) is 8.82. The minimum absolute atomic E-state index is 0.0857. The molecule has 0 radical (unpaired) electrons. The van der Waals surface area contributed by atoms with Crippen molar-refractivity contribution >= 4 is 60.5 Å². The highest BCUT2D eigenvalue weighted by atomic mass is 35.5. The molecule has 5 rings (SSSR count). The second kappa shape index (κ2) is 10.6. The van der Waals surface area contributed by atoms with Gasteiger partial charge in [-0.05, 0) is 85.6 Å². The van der Waals surface area contributed by atoms with Gasteiger partial charge in [-0.25, -0.2) is 13.4 Å². The van der Waals surface area contributed by atoms with E-state index in [4.69, 9.17) is 16.6 Å². The summed E-state index contributed by atoms with van der Waals surface area (Å²) in [7, 11) is -4.03. The molecular weight excluding hydrogens is 538 g/mol. The standard InChI is InChI=1S/C29H24ClN3O3S2/c1-19-11-16-25-27(17-19)37-29(32-25)21-12-14-22(15-13-21)31-28(34)18-33(26-10-6-9-24(30)20(26)2)38(35,36)23-7-4-3-5-8-23/h3-17H,18H2,1-2H3,(H,31,34). The number of fused-ring (bicyclic) bond motifs is 1. The quantitative estimate of drug-likeness (QED) is 0.230. The van der Waals surface area contributed by atoms with E-state index in [0.717, 1.165) is 25.1 Å². The minimum Gasteiger partial charge on any atom is -0.325 e. The molecule has 0 bridgehead atoms. The van der Waals surface area contributed by atoms with Crippen molar-refractivity contribution < 1.29 is 13.2 Å². The number of aromatic nitrogens is 1. The number of benzene rings is 4. The van der Waals surface area contributed by atoms with E-state index in [2.05, 4.69) is 18.3 Å². The van der Waals surface area contributed by atoms with E-state index in [9.17, 15) is 13.2 Å². The summed E-state index contributed by atoms with van der Waals surface area (Å²) in [5, 5.41) is 4.12. The molecule has 0 aliphatic rings. The first-order valence-electron chi connectivity index (χ1n) is 11.8. The zero-order valence-electron chi connectivity index (χ0n) is 20.7. The fourth-order valence-corrected chi connectivity index (χ4v) is 6.81. The number of nitrogens with one attached hydrogen (secondary N) is 1. The third kappa shape index (κ3) is 5.29. The van der Waals surface area contributed by atoms with E-state index in [1.807, 2.05) is 24.3 Å². The lowest BCUT2D eigenvalue weighted by Gasteiger charge is -2.26. The number of sulfonamides is 1. The van der Waals surface area contributed by atoms with Gasteiger partial charge in [0.2, 0.25) is 5.91 Å². The molecule has 0 spiro atoms. The van der Waals surface area contributed by atoms with Crippen LogP contribution in [0.5, 0.6) is 0 Å². The summed E-state index contributed by atoms with van der Waals surface area (Å²) >= 11 is 7.90. The highest BCUT2D eigenvalue weighted by molar-refractivity contribution is 7.92. The fourth-order valence-electron chi connectivity index (χ4n) is 4.07. The molecule has 6 nitrogen and oxygen atoms in total. The number of nitrogens with zero attached hydrogens (tertiary/aromatic N) is 2. The summed E-state index contributed by atoms with van der Waals surface area (Å²) in [6.07, 6.45) is 0. The number of rotatable bonds is 7. The molecule has 0 atom stereocenters. The number of aryl methyl sites for hydroxylation is 1. The van der Waals surface area contributed by atoms with Gasteiger partial charge in [0, 0.05) is 16.3 Å². The minimum atomic E-state index is -4.03. The highest BCUT2D eigenvalue weighted by Crippen LogP contribution is 2.32. The normalized spacial score (nSPS) is 11.4. The van der Waals surface area contributed by atoms with Gasteiger partial charge in [0.25, 0.3) is 10.0 Å². The number of hydrogen-bond donors (Lipinski definition) is 1. The van der Waals surface area contributed by atoms with E-state index >= 15 is 0 Å². The van der Waals surface area contributed by atoms with E-state index in [0.29, 0.717) is 22.0 Å². The predicted molar refractivity (Wildman–Crippen MR) is 156 cm³/mol. The Balaban J connectivity index is 1.39. The van der Waals surface area contributed by atoms with Gasteiger partial charge in [-0.3, -0.25) is 9.10 Å². The Kier molecular flexibility index (Phi) is 7.21. The van der Waals surface area contributed by atoms with Gasteiger partial charge in [0.05, 0.1) is 20.8 Å². The second-order valence-corrected chi connectivity index (χ2v) is 12.1. The van der Waals surface area contributed by atoms with Crippen LogP contribution in [-0.2, 0) is 14.8 Å². The molecule has 5 aromatic rings. The third-order valence-corrected chi connectivity index (χ3v) is 9.34. The molecule has 0 saturated heterocycles. The number of halogens is 1. The van der Waals surface area contributed by atoms with Crippen LogP contribution in [0.2, 0.25) is 5.02 Å². The Labute approximate surface area is 230 Å². The average molecular weight is 562 g/mol. The van der Waals surface area contributed by atoms with Crippen molar-refractivity contribution in [1.82, 2.24) is 4.98 Å². The van der Waals surface area contributed by atoms with Crippen LogP contribution in [0.25, 0.3) is 20.8 Å². The van der Waals surface area contributed by atoms with Crippen molar-refractivity contribution in [2.24, 2.45) is 0 Å². The number of anilines is 2. The van der Waals surface area contributed by atoms with Crippen molar-refractivity contribution in [1.29, 1.82) is 0 Å². The van der Waals surface area contributed by atoms with Crippen LogP contribution in [0.15, 0.2) is 95.9 Å². The molecule has 1 aromatic heterocycles. The maximum atomic E-state index is 13.6. The molecule has 0 aliphatic heterocycles. The van der Waals surface area contributed by atoms with Crippen LogP contribution in [0.3, 0.4) is 0 Å². The van der Waals surface area contributed by atoms with Gasteiger partial charge >= 0.3 is 0 Å². The molecule has 0 aliphatic carbocycles. The molecule has 192 valence electrons. The fraction of sp³-hybridized carbons (Fsp3) is 0.103. The van der Waals surface area contributed by atoms with E-state index in [1.165, 1.54) is 17.7 Å². The van der Waals surface area contributed by atoms with Gasteiger partial charge in [0.1, 0.15) is 11.6 Å². The lowest BCUT2D eigenvalue weighted by Crippen LogP contribution is -2.38. The maximum Gasteiger partial charge on any atom is 0.264 e. The number of thiazole rings is 1. The van der Waals surface area contributed by atoms with Crippen LogP contribution in [0, 0.1) is 13.8 Å². The molecule has 1 amide bonds. The predicted octanol–water partition coefficient (Wildman–Crippen LogP) is 7.07. The Hall–Kier alpha value is -3.72. The van der Waals surface area contributed by atoms with Crippen molar-refractivity contribution in [2.75, 3.05) is 16.2 Å². The van der Waals surface area contributed by atoms with Gasteiger partial charge in [-0.2, -0.15) is 0 Å². The van der Waals surface area contributed by atoms with Crippen molar-refractivity contribution in [3.8, 4) is 10.6 Å². The van der Waals surface area contributed by atoms with E-state index < -0.39 is 22.5 Å². The van der Waals surface area contributed by atoms with Crippen LogP contribution in [-0.4, -0.2) is 25.9 Å². The van der Waals surface area contributed by atoms with Crippen molar-refractivity contribution in [3.63, 3.8) is 0 Å². The average Bonchev–Trinajstić information content (AvgIpc) is 3.33. The Morgan fingerprint density at radius 2 is 1.68 bits per heavy atom.